The number of benzene rings is 1. The third-order valence-electron chi connectivity index (χ3n) is 3.49. The van der Waals surface area contributed by atoms with Gasteiger partial charge in [-0.25, -0.2) is 0 Å². The van der Waals surface area contributed by atoms with E-state index in [2.05, 4.69) is 15.9 Å². The smallest absolute Gasteiger partial charge is 0.195 e. The van der Waals surface area contributed by atoms with E-state index in [1.807, 2.05) is 12.1 Å². The summed E-state index contributed by atoms with van der Waals surface area (Å²) in [6.07, 6.45) is 3.52. The molecule has 0 bridgehead atoms. The summed E-state index contributed by atoms with van der Waals surface area (Å²) in [5.74, 6) is 0.825. The molecule has 2 aliphatic heterocycles. The molecule has 3 rings (SSSR count). The third kappa shape index (κ3) is 2.19. The fourth-order valence-electron chi connectivity index (χ4n) is 2.57. The number of carbonyl (C=O) groups excluding carboxylic acids is 1. The number of halogens is 1. The monoisotopic (exact) mass is 310 g/mol. The average Bonchev–Trinajstić information content (AvgIpc) is 2.86. The number of rotatable bonds is 2. The van der Waals surface area contributed by atoms with E-state index in [0.717, 1.165) is 41.5 Å². The zero-order valence-corrected chi connectivity index (χ0v) is 11.7. The highest BCUT2D eigenvalue weighted by Crippen LogP contribution is 2.34. The fraction of sp³-hybridized carbons (Fsp3) is 0.500. The average molecular weight is 311 g/mol. The van der Waals surface area contributed by atoms with Crippen molar-refractivity contribution in [3.05, 3.63) is 27.7 Å². The molecule has 1 unspecified atom stereocenters. The first kappa shape index (κ1) is 12.2. The Kier molecular flexibility index (Phi) is 3.39. The maximum Gasteiger partial charge on any atom is 0.195 e. The second-order valence-corrected chi connectivity index (χ2v) is 5.68. The number of Topliss-reactive ketones (excluding diaryl/α,β-unsaturated/α-hetero) is 1. The van der Waals surface area contributed by atoms with Gasteiger partial charge in [-0.3, -0.25) is 4.79 Å². The Morgan fingerprint density at radius 3 is 2.94 bits per heavy atom. The molecule has 1 atom stereocenters. The number of fused-ring (bicyclic) bond motifs is 1. The number of hydrogen-bond donors (Lipinski definition) is 0. The van der Waals surface area contributed by atoms with E-state index in [1.165, 1.54) is 0 Å². The van der Waals surface area contributed by atoms with Gasteiger partial charge in [0.05, 0.1) is 12.2 Å². The molecule has 18 heavy (non-hydrogen) atoms. The van der Waals surface area contributed by atoms with Crippen molar-refractivity contribution >= 4 is 21.7 Å². The van der Waals surface area contributed by atoms with E-state index < -0.39 is 0 Å². The molecule has 0 aliphatic carbocycles. The van der Waals surface area contributed by atoms with Crippen molar-refractivity contribution in [1.82, 2.24) is 0 Å². The van der Waals surface area contributed by atoms with E-state index >= 15 is 0 Å². The predicted molar refractivity (Wildman–Crippen MR) is 71.3 cm³/mol. The van der Waals surface area contributed by atoms with Crippen molar-refractivity contribution in [3.63, 3.8) is 0 Å². The van der Waals surface area contributed by atoms with Crippen LogP contribution >= 0.6 is 15.9 Å². The van der Waals surface area contributed by atoms with Crippen LogP contribution in [0.1, 0.15) is 35.2 Å². The summed E-state index contributed by atoms with van der Waals surface area (Å²) in [5, 5.41) is 0. The van der Waals surface area contributed by atoms with E-state index in [-0.39, 0.29) is 11.9 Å². The number of ether oxygens (including phenoxy) is 2. The molecule has 0 saturated carbocycles. The largest absolute Gasteiger partial charge is 0.492 e. The Morgan fingerprint density at radius 2 is 2.17 bits per heavy atom. The molecule has 2 heterocycles. The number of carbonyl (C=O) groups is 1. The molecule has 0 aromatic heterocycles. The SMILES string of the molecule is O=C(c1cc(Br)cc2c1OCC2)C1CCCCO1. The summed E-state index contributed by atoms with van der Waals surface area (Å²) in [6, 6.07) is 3.88. The standard InChI is InChI=1S/C14H15BrO3/c15-10-7-9-4-6-18-14(9)11(8-10)13(16)12-3-1-2-5-17-12/h7-8,12H,1-6H2. The Balaban J connectivity index is 1.93. The van der Waals surface area contributed by atoms with Gasteiger partial charge in [-0.15, -0.1) is 0 Å². The van der Waals surface area contributed by atoms with Crippen molar-refractivity contribution in [2.45, 2.75) is 31.8 Å². The van der Waals surface area contributed by atoms with Crippen molar-refractivity contribution < 1.29 is 14.3 Å². The molecular formula is C14H15BrO3. The van der Waals surface area contributed by atoms with Gasteiger partial charge >= 0.3 is 0 Å². The van der Waals surface area contributed by atoms with Crippen molar-refractivity contribution in [2.75, 3.05) is 13.2 Å². The molecular weight excluding hydrogens is 296 g/mol. The third-order valence-corrected chi connectivity index (χ3v) is 3.94. The summed E-state index contributed by atoms with van der Waals surface area (Å²) in [5.41, 5.74) is 1.78. The van der Waals surface area contributed by atoms with Gasteiger partial charge in [0.2, 0.25) is 0 Å². The van der Waals surface area contributed by atoms with Gasteiger partial charge in [0.1, 0.15) is 11.9 Å². The van der Waals surface area contributed by atoms with Crippen LogP contribution in [0.15, 0.2) is 16.6 Å². The molecule has 0 radical (unpaired) electrons. The van der Waals surface area contributed by atoms with E-state index in [0.29, 0.717) is 18.8 Å². The molecule has 2 aliphatic rings. The summed E-state index contributed by atoms with van der Waals surface area (Å²) >= 11 is 3.46. The zero-order valence-electron chi connectivity index (χ0n) is 10.1. The fourth-order valence-corrected chi connectivity index (χ4v) is 3.08. The lowest BCUT2D eigenvalue weighted by Gasteiger charge is -2.22. The van der Waals surface area contributed by atoms with Crippen LogP contribution in [0, 0.1) is 0 Å². The van der Waals surface area contributed by atoms with Gasteiger partial charge in [-0.2, -0.15) is 0 Å². The molecule has 0 spiro atoms. The van der Waals surface area contributed by atoms with E-state index in [9.17, 15) is 4.79 Å². The number of hydrogen-bond acceptors (Lipinski definition) is 3. The van der Waals surface area contributed by atoms with Gasteiger partial charge in [0.15, 0.2) is 5.78 Å². The van der Waals surface area contributed by atoms with Crippen LogP contribution in [0.25, 0.3) is 0 Å². The normalized spacial score (nSPS) is 22.4. The van der Waals surface area contributed by atoms with Gasteiger partial charge in [0.25, 0.3) is 0 Å². The predicted octanol–water partition coefficient (Wildman–Crippen LogP) is 3.14. The molecule has 3 nitrogen and oxygen atoms in total. The van der Waals surface area contributed by atoms with Gasteiger partial charge in [-0.05, 0) is 37.0 Å². The van der Waals surface area contributed by atoms with Crippen LogP contribution in [0.5, 0.6) is 5.75 Å². The summed E-state index contributed by atoms with van der Waals surface area (Å²) in [7, 11) is 0. The lowest BCUT2D eigenvalue weighted by Crippen LogP contribution is -2.28. The molecule has 1 aromatic carbocycles. The minimum absolute atomic E-state index is 0.0640. The highest BCUT2D eigenvalue weighted by Gasteiger charge is 2.28. The second kappa shape index (κ2) is 5.02. The van der Waals surface area contributed by atoms with Crippen LogP contribution in [0.3, 0.4) is 0 Å². The maximum atomic E-state index is 12.5. The van der Waals surface area contributed by atoms with Crippen LogP contribution < -0.4 is 4.74 Å². The van der Waals surface area contributed by atoms with Gasteiger partial charge in [0, 0.05) is 17.5 Å². The van der Waals surface area contributed by atoms with Gasteiger partial charge < -0.3 is 9.47 Å². The Morgan fingerprint density at radius 1 is 1.28 bits per heavy atom. The molecule has 0 N–H and O–H groups in total. The molecule has 96 valence electrons. The first-order chi connectivity index (χ1) is 8.75. The zero-order chi connectivity index (χ0) is 12.5. The van der Waals surface area contributed by atoms with Crippen molar-refractivity contribution in [1.29, 1.82) is 0 Å². The van der Waals surface area contributed by atoms with E-state index in [1.54, 1.807) is 0 Å². The maximum absolute atomic E-state index is 12.5. The highest BCUT2D eigenvalue weighted by atomic mass is 79.9. The van der Waals surface area contributed by atoms with Crippen LogP contribution in [0.4, 0.5) is 0 Å². The van der Waals surface area contributed by atoms with Crippen molar-refractivity contribution in [2.24, 2.45) is 0 Å². The van der Waals surface area contributed by atoms with Crippen molar-refractivity contribution in [3.8, 4) is 5.75 Å². The minimum atomic E-state index is -0.290. The lowest BCUT2D eigenvalue weighted by molar-refractivity contribution is 0.0184. The molecule has 1 aromatic rings. The summed E-state index contributed by atoms with van der Waals surface area (Å²) < 4.78 is 12.1. The second-order valence-electron chi connectivity index (χ2n) is 4.76. The molecule has 0 amide bonds. The quantitative estimate of drug-likeness (QED) is 0.787. The lowest BCUT2D eigenvalue weighted by atomic mass is 9.97. The number of ketones is 1. The van der Waals surface area contributed by atoms with Crippen LogP contribution in [-0.4, -0.2) is 25.1 Å². The molecule has 4 heteroatoms. The molecule has 1 saturated heterocycles. The Bertz CT molecular complexity index is 478. The first-order valence-corrected chi connectivity index (χ1v) is 7.16. The Labute approximate surface area is 115 Å². The molecule has 1 fully saturated rings. The summed E-state index contributed by atoms with van der Waals surface area (Å²) in [4.78, 5) is 12.5. The van der Waals surface area contributed by atoms with Crippen LogP contribution in [0.2, 0.25) is 0 Å². The minimum Gasteiger partial charge on any atom is -0.492 e. The topological polar surface area (TPSA) is 35.5 Å². The highest BCUT2D eigenvalue weighted by molar-refractivity contribution is 9.10. The summed E-state index contributed by atoms with van der Waals surface area (Å²) in [6.45, 7) is 1.35. The van der Waals surface area contributed by atoms with E-state index in [4.69, 9.17) is 9.47 Å². The first-order valence-electron chi connectivity index (χ1n) is 6.37. The van der Waals surface area contributed by atoms with Gasteiger partial charge in [-0.1, -0.05) is 15.9 Å². The Hall–Kier alpha value is -0.870. The van der Waals surface area contributed by atoms with Crippen LogP contribution in [-0.2, 0) is 11.2 Å².